The first-order valence-electron chi connectivity index (χ1n) is 5.42. The molecule has 1 unspecified atom stereocenters. The van der Waals surface area contributed by atoms with Crippen LogP contribution in [0, 0.1) is 0 Å². The number of carboxylic acids is 1. The molecule has 3 N–H and O–H groups in total. The molecule has 2 rings (SSSR count). The molecule has 0 spiro atoms. The number of aliphatic hydroxyl groups excluding tert-OH is 1. The first kappa shape index (κ1) is 11.7. The van der Waals surface area contributed by atoms with E-state index < -0.39 is 17.5 Å². The lowest BCUT2D eigenvalue weighted by atomic mass is 9.83. The molecule has 1 atom stereocenters. The zero-order valence-electron chi connectivity index (χ0n) is 9.77. The molecule has 90 valence electrons. The SMILES string of the molecule is CC(C)(c1cc2ccccc2[nH]1)C(O)C(=O)O. The van der Waals surface area contributed by atoms with Gasteiger partial charge in [0.25, 0.3) is 0 Å². The summed E-state index contributed by atoms with van der Waals surface area (Å²) >= 11 is 0. The maximum absolute atomic E-state index is 10.9. The number of fused-ring (bicyclic) bond motifs is 1. The Kier molecular flexibility index (Phi) is 2.67. The van der Waals surface area contributed by atoms with E-state index in [0.29, 0.717) is 5.69 Å². The minimum absolute atomic E-state index is 0.716. The third kappa shape index (κ3) is 1.91. The molecule has 0 aliphatic rings. The van der Waals surface area contributed by atoms with Crippen molar-refractivity contribution in [2.45, 2.75) is 25.4 Å². The van der Waals surface area contributed by atoms with Crippen LogP contribution in [0.25, 0.3) is 10.9 Å². The molecule has 0 saturated heterocycles. The van der Waals surface area contributed by atoms with Crippen LogP contribution in [-0.4, -0.2) is 27.3 Å². The van der Waals surface area contributed by atoms with Crippen LogP contribution in [0.4, 0.5) is 0 Å². The Morgan fingerprint density at radius 1 is 1.35 bits per heavy atom. The topological polar surface area (TPSA) is 73.3 Å². The van der Waals surface area contributed by atoms with Crippen molar-refractivity contribution in [3.8, 4) is 0 Å². The molecular formula is C13H15NO3. The number of aromatic amines is 1. The molecule has 0 radical (unpaired) electrons. The smallest absolute Gasteiger partial charge is 0.333 e. The standard InChI is InChI=1S/C13H15NO3/c1-13(2,11(15)12(16)17)10-7-8-5-3-4-6-9(8)14-10/h3-7,11,14-15H,1-2H3,(H,16,17). The van der Waals surface area contributed by atoms with E-state index in [1.54, 1.807) is 13.8 Å². The van der Waals surface area contributed by atoms with E-state index in [2.05, 4.69) is 4.98 Å². The number of hydrogen-bond donors (Lipinski definition) is 3. The summed E-state index contributed by atoms with van der Waals surface area (Å²) in [7, 11) is 0. The molecule has 4 heteroatoms. The van der Waals surface area contributed by atoms with Gasteiger partial charge in [0.05, 0.1) is 0 Å². The van der Waals surface area contributed by atoms with Crippen molar-refractivity contribution < 1.29 is 15.0 Å². The van der Waals surface area contributed by atoms with E-state index in [4.69, 9.17) is 5.11 Å². The number of carboxylic acid groups (broad SMARTS) is 1. The van der Waals surface area contributed by atoms with Crippen LogP contribution < -0.4 is 0 Å². The summed E-state index contributed by atoms with van der Waals surface area (Å²) in [6, 6.07) is 9.56. The average molecular weight is 233 g/mol. The van der Waals surface area contributed by atoms with E-state index in [-0.39, 0.29) is 0 Å². The first-order valence-corrected chi connectivity index (χ1v) is 5.42. The molecule has 0 amide bonds. The fraction of sp³-hybridized carbons (Fsp3) is 0.308. The van der Waals surface area contributed by atoms with E-state index in [1.807, 2.05) is 30.3 Å². The van der Waals surface area contributed by atoms with E-state index in [0.717, 1.165) is 10.9 Å². The molecule has 0 bridgehead atoms. The Morgan fingerprint density at radius 3 is 2.59 bits per heavy atom. The Morgan fingerprint density at radius 2 is 2.00 bits per heavy atom. The Balaban J connectivity index is 2.48. The fourth-order valence-corrected chi connectivity index (χ4v) is 1.88. The van der Waals surface area contributed by atoms with Crippen LogP contribution in [0.5, 0.6) is 0 Å². The summed E-state index contributed by atoms with van der Waals surface area (Å²) in [4.78, 5) is 14.0. The van der Waals surface area contributed by atoms with Crippen molar-refractivity contribution in [3.63, 3.8) is 0 Å². The van der Waals surface area contributed by atoms with Crippen LogP contribution in [-0.2, 0) is 10.2 Å². The lowest BCUT2D eigenvalue weighted by molar-refractivity contribution is -0.150. The number of hydrogen-bond acceptors (Lipinski definition) is 2. The van der Waals surface area contributed by atoms with Gasteiger partial charge in [-0.3, -0.25) is 0 Å². The molecule has 17 heavy (non-hydrogen) atoms. The lowest BCUT2D eigenvalue weighted by Crippen LogP contribution is -2.40. The second-order valence-electron chi connectivity index (χ2n) is 4.73. The number of rotatable bonds is 3. The minimum Gasteiger partial charge on any atom is -0.479 e. The second-order valence-corrected chi connectivity index (χ2v) is 4.73. The summed E-state index contributed by atoms with van der Waals surface area (Å²) in [5, 5.41) is 19.6. The van der Waals surface area contributed by atoms with Crippen molar-refractivity contribution in [3.05, 3.63) is 36.0 Å². The van der Waals surface area contributed by atoms with Crippen LogP contribution in [0.1, 0.15) is 19.5 Å². The molecule has 0 fully saturated rings. The monoisotopic (exact) mass is 233 g/mol. The maximum atomic E-state index is 10.9. The molecule has 0 aliphatic heterocycles. The van der Waals surface area contributed by atoms with Gasteiger partial charge in [-0.2, -0.15) is 0 Å². The molecular weight excluding hydrogens is 218 g/mol. The fourth-order valence-electron chi connectivity index (χ4n) is 1.88. The van der Waals surface area contributed by atoms with E-state index in [1.165, 1.54) is 0 Å². The van der Waals surface area contributed by atoms with Gasteiger partial charge in [0, 0.05) is 16.6 Å². The maximum Gasteiger partial charge on any atom is 0.333 e. The minimum atomic E-state index is -1.43. The van der Waals surface area contributed by atoms with Crippen LogP contribution in [0.15, 0.2) is 30.3 Å². The molecule has 2 aromatic rings. The number of aliphatic hydroxyl groups is 1. The zero-order chi connectivity index (χ0) is 12.6. The summed E-state index contributed by atoms with van der Waals surface area (Å²) < 4.78 is 0. The van der Waals surface area contributed by atoms with Gasteiger partial charge in [-0.25, -0.2) is 4.79 Å². The normalized spacial score (nSPS) is 13.8. The summed E-state index contributed by atoms with van der Waals surface area (Å²) in [5.41, 5.74) is 0.798. The molecule has 1 aromatic heterocycles. The number of nitrogens with one attached hydrogen (secondary N) is 1. The van der Waals surface area contributed by atoms with Gasteiger partial charge in [0.15, 0.2) is 6.10 Å². The van der Waals surface area contributed by atoms with Crippen molar-refractivity contribution >= 4 is 16.9 Å². The number of H-pyrrole nitrogens is 1. The number of aromatic nitrogens is 1. The number of benzene rings is 1. The largest absolute Gasteiger partial charge is 0.479 e. The lowest BCUT2D eigenvalue weighted by Gasteiger charge is -2.26. The molecule has 4 nitrogen and oxygen atoms in total. The highest BCUT2D eigenvalue weighted by Crippen LogP contribution is 2.29. The van der Waals surface area contributed by atoms with Crippen molar-refractivity contribution in [2.75, 3.05) is 0 Å². The average Bonchev–Trinajstić information content (AvgIpc) is 2.71. The summed E-state index contributed by atoms with van der Waals surface area (Å²) in [5.74, 6) is -1.21. The van der Waals surface area contributed by atoms with Crippen LogP contribution in [0.2, 0.25) is 0 Å². The summed E-state index contributed by atoms with van der Waals surface area (Å²) in [6.45, 7) is 3.41. The second kappa shape index (κ2) is 3.89. The van der Waals surface area contributed by atoms with Gasteiger partial charge in [-0.1, -0.05) is 32.0 Å². The quantitative estimate of drug-likeness (QED) is 0.758. The first-order chi connectivity index (χ1) is 7.93. The highest BCUT2D eigenvalue weighted by molar-refractivity contribution is 5.81. The molecule has 1 heterocycles. The highest BCUT2D eigenvalue weighted by atomic mass is 16.4. The molecule has 0 aliphatic carbocycles. The van der Waals surface area contributed by atoms with Gasteiger partial charge in [-0.05, 0) is 17.5 Å². The Bertz CT molecular complexity index is 524. The van der Waals surface area contributed by atoms with Gasteiger partial charge >= 0.3 is 5.97 Å². The van der Waals surface area contributed by atoms with Gasteiger partial charge < -0.3 is 15.2 Å². The number of para-hydroxylation sites is 1. The zero-order valence-corrected chi connectivity index (χ0v) is 9.77. The van der Waals surface area contributed by atoms with E-state index >= 15 is 0 Å². The van der Waals surface area contributed by atoms with E-state index in [9.17, 15) is 9.90 Å². The van der Waals surface area contributed by atoms with Gasteiger partial charge in [0.1, 0.15) is 0 Å². The van der Waals surface area contributed by atoms with Crippen molar-refractivity contribution in [1.82, 2.24) is 4.98 Å². The number of aliphatic carboxylic acids is 1. The summed E-state index contributed by atoms with van der Waals surface area (Å²) in [6.07, 6.45) is -1.43. The van der Waals surface area contributed by atoms with Crippen molar-refractivity contribution in [2.24, 2.45) is 0 Å². The Hall–Kier alpha value is -1.81. The molecule has 0 saturated carbocycles. The van der Waals surface area contributed by atoms with Crippen LogP contribution in [0.3, 0.4) is 0 Å². The molecule has 1 aromatic carbocycles. The van der Waals surface area contributed by atoms with Gasteiger partial charge in [0.2, 0.25) is 0 Å². The third-order valence-electron chi connectivity index (χ3n) is 3.14. The van der Waals surface area contributed by atoms with Crippen molar-refractivity contribution in [1.29, 1.82) is 0 Å². The third-order valence-corrected chi connectivity index (χ3v) is 3.14. The predicted molar refractivity (Wildman–Crippen MR) is 65.0 cm³/mol. The highest BCUT2D eigenvalue weighted by Gasteiger charge is 2.36. The van der Waals surface area contributed by atoms with Gasteiger partial charge in [-0.15, -0.1) is 0 Å². The number of carbonyl (C=O) groups is 1. The Labute approximate surface area is 98.9 Å². The predicted octanol–water partition coefficient (Wildman–Crippen LogP) is 1.89. The van der Waals surface area contributed by atoms with Crippen LogP contribution >= 0.6 is 0 Å².